The summed E-state index contributed by atoms with van der Waals surface area (Å²) < 4.78 is 1.05. The second-order valence-corrected chi connectivity index (χ2v) is 6.07. The van der Waals surface area contributed by atoms with E-state index < -0.39 is 11.9 Å². The van der Waals surface area contributed by atoms with Crippen molar-refractivity contribution in [3.63, 3.8) is 0 Å². The van der Waals surface area contributed by atoms with E-state index in [-0.39, 0.29) is 23.1 Å². The quantitative estimate of drug-likeness (QED) is 0.642. The molecule has 5 N–H and O–H groups in total. The molecule has 0 radical (unpaired) electrons. The highest BCUT2D eigenvalue weighted by atomic mass is 79.9. The summed E-state index contributed by atoms with van der Waals surface area (Å²) in [5, 5.41) is 7.77. The van der Waals surface area contributed by atoms with Crippen LogP contribution in [0.15, 0.2) is 46.3 Å². The van der Waals surface area contributed by atoms with Gasteiger partial charge in [0.1, 0.15) is 5.70 Å². The first kappa shape index (κ1) is 14.6. The van der Waals surface area contributed by atoms with Crippen LogP contribution in [0, 0.1) is 0 Å². The highest BCUT2D eigenvalue weighted by Crippen LogP contribution is 2.35. The molecule has 0 spiro atoms. The second kappa shape index (κ2) is 5.49. The van der Waals surface area contributed by atoms with Crippen LogP contribution in [0.3, 0.4) is 0 Å². The lowest BCUT2D eigenvalue weighted by Gasteiger charge is -2.22. The number of hydrogen-bond donors (Lipinski definition) is 4. The van der Waals surface area contributed by atoms with Crippen molar-refractivity contribution in [2.75, 3.05) is 0 Å². The first-order chi connectivity index (χ1) is 10.5. The summed E-state index contributed by atoms with van der Waals surface area (Å²) in [6.07, 6.45) is 1.70. The lowest BCUT2D eigenvalue weighted by molar-refractivity contribution is -0.118. The van der Waals surface area contributed by atoms with Gasteiger partial charge in [-0.25, -0.2) is 4.79 Å². The molecule has 3 rings (SSSR count). The van der Waals surface area contributed by atoms with Crippen LogP contribution in [0.4, 0.5) is 4.79 Å². The predicted molar refractivity (Wildman–Crippen MR) is 85.4 cm³/mol. The van der Waals surface area contributed by atoms with Crippen molar-refractivity contribution in [1.82, 2.24) is 16.0 Å². The molecule has 1 heterocycles. The molecule has 0 unspecified atom stereocenters. The molecule has 1 aliphatic heterocycles. The van der Waals surface area contributed by atoms with Gasteiger partial charge in [0.15, 0.2) is 0 Å². The van der Waals surface area contributed by atoms with Crippen molar-refractivity contribution in [2.45, 2.75) is 18.9 Å². The molecule has 6 nitrogen and oxygen atoms in total. The second-order valence-electron chi connectivity index (χ2n) is 5.22. The summed E-state index contributed by atoms with van der Waals surface area (Å²) in [6, 6.07) is 5.31. The number of halogens is 1. The molecule has 3 amide bonds. The van der Waals surface area contributed by atoms with Crippen molar-refractivity contribution in [1.29, 1.82) is 0 Å². The van der Waals surface area contributed by atoms with Crippen LogP contribution in [0.2, 0.25) is 0 Å². The van der Waals surface area contributed by atoms with E-state index in [1.54, 1.807) is 0 Å². The summed E-state index contributed by atoms with van der Waals surface area (Å²) >= 11 is 3.52. The van der Waals surface area contributed by atoms with E-state index in [0.717, 1.165) is 22.9 Å². The number of benzene rings is 1. The van der Waals surface area contributed by atoms with Crippen LogP contribution < -0.4 is 21.7 Å². The number of amides is 3. The summed E-state index contributed by atoms with van der Waals surface area (Å²) in [4.78, 5) is 23.9. The maximum atomic E-state index is 12.4. The lowest BCUT2D eigenvalue weighted by Crippen LogP contribution is -2.47. The van der Waals surface area contributed by atoms with Gasteiger partial charge in [-0.05, 0) is 30.0 Å². The monoisotopic (exact) mass is 362 g/mol. The fraction of sp³-hybridized carbons (Fsp3) is 0.200. The highest BCUT2D eigenvalue weighted by molar-refractivity contribution is 9.10. The van der Waals surface area contributed by atoms with Crippen molar-refractivity contribution in [3.8, 4) is 0 Å². The molecule has 114 valence electrons. The van der Waals surface area contributed by atoms with E-state index in [4.69, 9.17) is 5.73 Å². The van der Waals surface area contributed by atoms with Gasteiger partial charge >= 0.3 is 6.03 Å². The van der Waals surface area contributed by atoms with Crippen LogP contribution in [0.5, 0.6) is 0 Å². The Labute approximate surface area is 136 Å². The fourth-order valence-corrected chi connectivity index (χ4v) is 3.32. The van der Waals surface area contributed by atoms with Crippen LogP contribution >= 0.6 is 15.9 Å². The third-order valence-corrected chi connectivity index (χ3v) is 4.59. The molecule has 1 aromatic carbocycles. The number of nitrogens with one attached hydrogen (secondary N) is 3. The minimum atomic E-state index is -0.515. The first-order valence-corrected chi connectivity index (χ1v) is 7.62. The number of rotatable bonds is 2. The average Bonchev–Trinajstić information content (AvgIpc) is 2.87. The van der Waals surface area contributed by atoms with E-state index in [2.05, 4.69) is 38.5 Å². The maximum Gasteiger partial charge on any atom is 0.323 e. The van der Waals surface area contributed by atoms with Gasteiger partial charge in [0, 0.05) is 4.47 Å². The molecule has 0 fully saturated rings. The Morgan fingerprint density at radius 3 is 2.95 bits per heavy atom. The first-order valence-electron chi connectivity index (χ1n) is 6.82. The summed E-state index contributed by atoms with van der Waals surface area (Å²) in [6.45, 7) is 3.62. The number of urea groups is 1. The van der Waals surface area contributed by atoms with Crippen LogP contribution in [0.1, 0.15) is 23.6 Å². The van der Waals surface area contributed by atoms with Gasteiger partial charge in [-0.15, -0.1) is 0 Å². The Balaban J connectivity index is 1.82. The SMILES string of the molecule is C=C1NC(=O)NC(C(=O)N[C@H]2CCc3c(Br)cccc32)=C1N. The summed E-state index contributed by atoms with van der Waals surface area (Å²) in [7, 11) is 0. The van der Waals surface area contributed by atoms with Crippen molar-refractivity contribution < 1.29 is 9.59 Å². The molecule has 1 atom stereocenters. The molecule has 2 aliphatic rings. The van der Waals surface area contributed by atoms with Crippen molar-refractivity contribution in [3.05, 3.63) is 57.5 Å². The zero-order valence-corrected chi connectivity index (χ0v) is 13.3. The van der Waals surface area contributed by atoms with E-state index in [0.29, 0.717) is 0 Å². The van der Waals surface area contributed by atoms with Gasteiger partial charge in [0.25, 0.3) is 5.91 Å². The molecule has 7 heteroatoms. The number of carbonyl (C=O) groups excluding carboxylic acids is 2. The van der Waals surface area contributed by atoms with E-state index in [1.807, 2.05) is 18.2 Å². The molecule has 22 heavy (non-hydrogen) atoms. The molecule has 1 aliphatic carbocycles. The Bertz CT molecular complexity index is 726. The van der Waals surface area contributed by atoms with Crippen molar-refractivity contribution >= 4 is 27.9 Å². The molecule has 0 saturated carbocycles. The van der Waals surface area contributed by atoms with Crippen LogP contribution in [-0.4, -0.2) is 11.9 Å². The number of fused-ring (bicyclic) bond motifs is 1. The molecule has 0 saturated heterocycles. The van der Waals surface area contributed by atoms with Gasteiger partial charge in [0.05, 0.1) is 17.4 Å². The highest BCUT2D eigenvalue weighted by Gasteiger charge is 2.29. The third-order valence-electron chi connectivity index (χ3n) is 3.84. The standard InChI is InChI=1S/C15H15BrN4O2/c1-7-12(17)13(20-15(22)18-7)14(21)19-11-6-5-8-9(11)3-2-4-10(8)16/h2-4,11H,1,5-6,17H2,(H,19,21)(H2,18,20,22)/t11-/m0/s1. The van der Waals surface area contributed by atoms with E-state index in [9.17, 15) is 9.59 Å². The van der Waals surface area contributed by atoms with Gasteiger partial charge in [-0.1, -0.05) is 34.6 Å². The Morgan fingerprint density at radius 1 is 1.41 bits per heavy atom. The van der Waals surface area contributed by atoms with Crippen molar-refractivity contribution in [2.24, 2.45) is 5.73 Å². The summed E-state index contributed by atoms with van der Waals surface area (Å²) in [5.41, 5.74) is 8.51. The molecular formula is C15H15BrN4O2. The minimum Gasteiger partial charge on any atom is -0.395 e. The number of nitrogens with two attached hydrogens (primary N) is 1. The molecule has 0 aromatic heterocycles. The Kier molecular flexibility index (Phi) is 3.66. The van der Waals surface area contributed by atoms with E-state index >= 15 is 0 Å². The smallest absolute Gasteiger partial charge is 0.323 e. The largest absolute Gasteiger partial charge is 0.395 e. The fourth-order valence-electron chi connectivity index (χ4n) is 2.74. The Morgan fingerprint density at radius 2 is 2.18 bits per heavy atom. The van der Waals surface area contributed by atoms with E-state index in [1.165, 1.54) is 5.56 Å². The molecule has 1 aromatic rings. The predicted octanol–water partition coefficient (Wildman–Crippen LogP) is 1.55. The van der Waals surface area contributed by atoms with Gasteiger partial charge < -0.3 is 21.7 Å². The Hall–Kier alpha value is -2.28. The summed E-state index contributed by atoms with van der Waals surface area (Å²) in [5.74, 6) is -0.411. The van der Waals surface area contributed by atoms with Gasteiger partial charge in [0.2, 0.25) is 0 Å². The lowest BCUT2D eigenvalue weighted by atomic mass is 10.1. The number of hydrogen-bond acceptors (Lipinski definition) is 3. The molecule has 0 bridgehead atoms. The van der Waals surface area contributed by atoms with Crippen LogP contribution in [-0.2, 0) is 11.2 Å². The minimum absolute atomic E-state index is 0.0391. The maximum absolute atomic E-state index is 12.4. The topological polar surface area (TPSA) is 96.2 Å². The zero-order valence-electron chi connectivity index (χ0n) is 11.7. The normalized spacial score (nSPS) is 20.3. The third kappa shape index (κ3) is 2.48. The zero-order chi connectivity index (χ0) is 15.9. The van der Waals surface area contributed by atoms with Crippen LogP contribution in [0.25, 0.3) is 0 Å². The average molecular weight is 363 g/mol. The number of carbonyl (C=O) groups is 2. The van der Waals surface area contributed by atoms with Gasteiger partial charge in [-0.3, -0.25) is 4.79 Å². The molecular weight excluding hydrogens is 348 g/mol. The van der Waals surface area contributed by atoms with Gasteiger partial charge in [-0.2, -0.15) is 0 Å².